The summed E-state index contributed by atoms with van der Waals surface area (Å²) in [6.07, 6.45) is 1.11. The predicted molar refractivity (Wildman–Crippen MR) is 143 cm³/mol. The van der Waals surface area contributed by atoms with Gasteiger partial charge in [0.1, 0.15) is 6.33 Å². The molecule has 0 atom stereocenters. The summed E-state index contributed by atoms with van der Waals surface area (Å²) < 4.78 is 52.7. The number of nitrogens with one attached hydrogen (secondary N) is 1. The molecule has 0 radical (unpaired) electrons. The molecular weight excluding hydrogens is 493 g/mol. The molecule has 3 heterocycles. The first kappa shape index (κ1) is 25.8. The molecule has 2 aromatic carbocycles. The van der Waals surface area contributed by atoms with Crippen molar-refractivity contribution in [2.75, 3.05) is 42.9 Å². The fourth-order valence-electron chi connectivity index (χ4n) is 5.01. The van der Waals surface area contributed by atoms with Gasteiger partial charge in [0, 0.05) is 60.7 Å². The van der Waals surface area contributed by atoms with Crippen LogP contribution in [0.25, 0.3) is 10.9 Å². The summed E-state index contributed by atoms with van der Waals surface area (Å²) in [4.78, 5) is 12.5. The molecule has 0 spiro atoms. The number of aryl methyl sites for hydroxylation is 1. The van der Waals surface area contributed by atoms with Crippen molar-refractivity contribution in [3.63, 3.8) is 0 Å². The zero-order valence-electron chi connectivity index (χ0n) is 21.9. The highest BCUT2D eigenvalue weighted by atomic mass is 19.1. The van der Waals surface area contributed by atoms with Crippen LogP contribution in [0.4, 0.5) is 30.4 Å². The van der Waals surface area contributed by atoms with E-state index < -0.39 is 29.1 Å². The van der Waals surface area contributed by atoms with Crippen LogP contribution in [0.5, 0.6) is 11.6 Å². The molecule has 0 aliphatic carbocycles. The monoisotopic (exact) mass is 524 g/mol. The maximum Gasteiger partial charge on any atom is 0.261 e. The molecule has 38 heavy (non-hydrogen) atoms. The van der Waals surface area contributed by atoms with E-state index in [1.165, 1.54) is 0 Å². The maximum absolute atomic E-state index is 15.3. The van der Waals surface area contributed by atoms with Gasteiger partial charge in [0.25, 0.3) is 5.88 Å². The minimum Gasteiger partial charge on any atom is -0.433 e. The number of likely N-dealkylation sites (N-methyl/N-ethyl adjacent to an activating group) is 1. The Balaban J connectivity index is 1.35. The summed E-state index contributed by atoms with van der Waals surface area (Å²) >= 11 is 0. The lowest BCUT2D eigenvalue weighted by Crippen LogP contribution is -2.46. The van der Waals surface area contributed by atoms with Crippen LogP contribution in [0.15, 0.2) is 42.7 Å². The van der Waals surface area contributed by atoms with Crippen LogP contribution in [0.1, 0.15) is 32.5 Å². The van der Waals surface area contributed by atoms with Gasteiger partial charge >= 0.3 is 0 Å². The van der Waals surface area contributed by atoms with Crippen molar-refractivity contribution in [3.05, 3.63) is 65.9 Å². The van der Waals surface area contributed by atoms with Crippen LogP contribution in [-0.4, -0.2) is 52.2 Å². The number of hydrogen-bond donors (Lipinski definition) is 1. The Morgan fingerprint density at radius 1 is 0.974 bits per heavy atom. The van der Waals surface area contributed by atoms with Gasteiger partial charge in [-0.15, -0.1) is 0 Å². The van der Waals surface area contributed by atoms with E-state index in [1.807, 2.05) is 38.1 Å². The van der Waals surface area contributed by atoms with Gasteiger partial charge in [-0.05, 0) is 57.6 Å². The molecule has 2 aromatic heterocycles. The number of anilines is 3. The smallest absolute Gasteiger partial charge is 0.261 e. The van der Waals surface area contributed by atoms with E-state index in [1.54, 1.807) is 17.6 Å². The van der Waals surface area contributed by atoms with Gasteiger partial charge in [0.15, 0.2) is 23.2 Å². The summed E-state index contributed by atoms with van der Waals surface area (Å²) in [6, 6.07) is 10.0. The van der Waals surface area contributed by atoms with E-state index in [9.17, 15) is 0 Å². The number of fused-ring (bicyclic) bond motifs is 1. The van der Waals surface area contributed by atoms with Gasteiger partial charge < -0.3 is 24.4 Å². The first-order valence-electron chi connectivity index (χ1n) is 12.8. The molecule has 0 saturated carbocycles. The lowest BCUT2D eigenvalue weighted by Gasteiger charge is -2.35. The third kappa shape index (κ3) is 4.88. The van der Waals surface area contributed by atoms with Gasteiger partial charge in [-0.3, -0.25) is 0 Å². The zero-order chi connectivity index (χ0) is 27.0. The number of benzene rings is 2. The summed E-state index contributed by atoms with van der Waals surface area (Å²) in [5.41, 5.74) is 2.56. The Morgan fingerprint density at radius 2 is 1.68 bits per heavy atom. The highest BCUT2D eigenvalue weighted by Gasteiger charge is 2.23. The molecule has 1 aliphatic rings. The average molecular weight is 525 g/mol. The predicted octanol–water partition coefficient (Wildman–Crippen LogP) is 6.42. The molecule has 0 amide bonds. The Morgan fingerprint density at radius 3 is 2.34 bits per heavy atom. The molecular formula is C28H31F3N6O. The topological polar surface area (TPSA) is 58.4 Å². The summed E-state index contributed by atoms with van der Waals surface area (Å²) in [5.74, 6) is -3.46. The SMILES string of the molecule is CCN1CCN(c2ccc(Nc3ncnc(Oc4cc(F)c5c(cc(C)n5C(C)C)c4F)c3F)cc2)CC1. The van der Waals surface area contributed by atoms with E-state index >= 15 is 13.2 Å². The first-order valence-corrected chi connectivity index (χ1v) is 12.8. The van der Waals surface area contributed by atoms with Crippen LogP contribution >= 0.6 is 0 Å². The van der Waals surface area contributed by atoms with Crippen molar-refractivity contribution in [3.8, 4) is 11.6 Å². The Hall–Kier alpha value is -3.79. The minimum absolute atomic E-state index is 0.0650. The van der Waals surface area contributed by atoms with Gasteiger partial charge in [-0.25, -0.2) is 13.8 Å². The number of hydrogen-bond acceptors (Lipinski definition) is 6. The van der Waals surface area contributed by atoms with Crippen molar-refractivity contribution in [1.29, 1.82) is 0 Å². The van der Waals surface area contributed by atoms with Crippen molar-refractivity contribution in [2.45, 2.75) is 33.7 Å². The summed E-state index contributed by atoms with van der Waals surface area (Å²) in [7, 11) is 0. The molecule has 10 heteroatoms. The second kappa shape index (κ2) is 10.5. The van der Waals surface area contributed by atoms with E-state index in [0.717, 1.165) is 50.8 Å². The van der Waals surface area contributed by atoms with E-state index in [2.05, 4.69) is 32.0 Å². The van der Waals surface area contributed by atoms with Gasteiger partial charge in [-0.2, -0.15) is 9.37 Å². The van der Waals surface area contributed by atoms with E-state index in [4.69, 9.17) is 4.74 Å². The third-order valence-electron chi connectivity index (χ3n) is 6.96. The fraction of sp³-hybridized carbons (Fsp3) is 0.357. The van der Waals surface area contributed by atoms with Crippen molar-refractivity contribution < 1.29 is 17.9 Å². The molecule has 1 saturated heterocycles. The molecule has 7 nitrogen and oxygen atoms in total. The number of piperazine rings is 1. The van der Waals surface area contributed by atoms with Gasteiger partial charge in [0.05, 0.1) is 5.52 Å². The van der Waals surface area contributed by atoms with Crippen LogP contribution in [0, 0.1) is 24.4 Å². The lowest BCUT2D eigenvalue weighted by molar-refractivity contribution is 0.271. The summed E-state index contributed by atoms with van der Waals surface area (Å²) in [6.45, 7) is 12.7. The standard InChI is InChI=1S/C28H31F3N6O/c1-5-35-10-12-36(13-11-35)20-8-6-19(7-9-20)34-27-25(31)28(33-16-32-27)38-23-15-22(29)26-21(24(23)30)14-18(4)37(26)17(2)3/h6-9,14-17H,5,10-13H2,1-4H3,(H,32,33,34). The van der Waals surface area contributed by atoms with Crippen LogP contribution < -0.4 is 15.0 Å². The molecule has 5 rings (SSSR count). The van der Waals surface area contributed by atoms with Crippen LogP contribution in [0.3, 0.4) is 0 Å². The minimum atomic E-state index is -0.914. The van der Waals surface area contributed by atoms with Gasteiger partial charge in [-0.1, -0.05) is 6.92 Å². The fourth-order valence-corrected chi connectivity index (χ4v) is 5.01. The van der Waals surface area contributed by atoms with E-state index in [0.29, 0.717) is 11.4 Å². The molecule has 1 aliphatic heterocycles. The number of aromatic nitrogens is 3. The molecule has 200 valence electrons. The molecule has 1 fully saturated rings. The number of nitrogens with zero attached hydrogens (tertiary/aromatic N) is 5. The van der Waals surface area contributed by atoms with Crippen LogP contribution in [-0.2, 0) is 0 Å². The molecule has 1 N–H and O–H groups in total. The Labute approximate surface area is 219 Å². The summed E-state index contributed by atoms with van der Waals surface area (Å²) in [5, 5.41) is 2.98. The largest absolute Gasteiger partial charge is 0.433 e. The van der Waals surface area contributed by atoms with Crippen LogP contribution in [0.2, 0.25) is 0 Å². The van der Waals surface area contributed by atoms with E-state index in [-0.39, 0.29) is 22.8 Å². The third-order valence-corrected chi connectivity index (χ3v) is 6.96. The van der Waals surface area contributed by atoms with Crippen molar-refractivity contribution in [1.82, 2.24) is 19.4 Å². The highest BCUT2D eigenvalue weighted by Crippen LogP contribution is 2.36. The average Bonchev–Trinajstić information content (AvgIpc) is 3.28. The quantitative estimate of drug-likeness (QED) is 0.301. The van der Waals surface area contributed by atoms with Crippen molar-refractivity contribution in [2.24, 2.45) is 0 Å². The highest BCUT2D eigenvalue weighted by molar-refractivity contribution is 5.84. The van der Waals surface area contributed by atoms with Gasteiger partial charge in [0.2, 0.25) is 5.82 Å². The molecule has 4 aromatic rings. The molecule has 0 bridgehead atoms. The second-order valence-corrected chi connectivity index (χ2v) is 9.72. The Bertz CT molecular complexity index is 1450. The normalized spacial score (nSPS) is 14.5. The maximum atomic E-state index is 15.3. The van der Waals surface area contributed by atoms with Crippen molar-refractivity contribution >= 4 is 28.1 Å². The first-order chi connectivity index (χ1) is 18.3. The zero-order valence-corrected chi connectivity index (χ0v) is 21.9. The molecule has 0 unspecified atom stereocenters. The lowest BCUT2D eigenvalue weighted by atomic mass is 10.2. The second-order valence-electron chi connectivity index (χ2n) is 9.72. The Kier molecular flexibility index (Phi) is 7.16. The number of rotatable bonds is 7. The number of ether oxygens (including phenoxy) is 1. The number of halogens is 3.